The van der Waals surface area contributed by atoms with Gasteiger partial charge in [0.25, 0.3) is 0 Å². The lowest BCUT2D eigenvalue weighted by molar-refractivity contribution is -0.117. The fourth-order valence-electron chi connectivity index (χ4n) is 2.16. The van der Waals surface area contributed by atoms with Crippen molar-refractivity contribution in [2.75, 3.05) is 11.9 Å². The predicted octanol–water partition coefficient (Wildman–Crippen LogP) is 3.68. The average Bonchev–Trinajstić information content (AvgIpc) is 2.54. The van der Waals surface area contributed by atoms with Gasteiger partial charge < -0.3 is 10.6 Å². The Bertz CT molecular complexity index is 581. The summed E-state index contributed by atoms with van der Waals surface area (Å²) >= 11 is 0. The first kappa shape index (κ1) is 15.3. The maximum Gasteiger partial charge on any atom is 0.241 e. The van der Waals surface area contributed by atoms with Crippen LogP contribution >= 0.6 is 0 Å². The Kier molecular flexibility index (Phi) is 5.52. The number of para-hydroxylation sites is 1. The molecule has 0 bridgehead atoms. The number of carbonyl (C=O) groups is 1. The molecule has 0 aliphatic heterocycles. The average molecular weight is 282 g/mol. The Morgan fingerprint density at radius 2 is 1.71 bits per heavy atom. The normalized spacial score (nSPS) is 11.9. The summed E-state index contributed by atoms with van der Waals surface area (Å²) in [6.07, 6.45) is 1.01. The van der Waals surface area contributed by atoms with Crippen molar-refractivity contribution < 1.29 is 4.79 Å². The van der Waals surface area contributed by atoms with Gasteiger partial charge in [-0.2, -0.15) is 0 Å². The molecule has 0 saturated heterocycles. The van der Waals surface area contributed by atoms with Gasteiger partial charge in [-0.1, -0.05) is 55.5 Å². The van der Waals surface area contributed by atoms with E-state index in [2.05, 4.69) is 17.6 Å². The summed E-state index contributed by atoms with van der Waals surface area (Å²) in [7, 11) is 0. The lowest BCUT2D eigenvalue weighted by Crippen LogP contribution is -2.38. The van der Waals surface area contributed by atoms with Gasteiger partial charge in [-0.25, -0.2) is 0 Å². The monoisotopic (exact) mass is 282 g/mol. The highest BCUT2D eigenvalue weighted by atomic mass is 16.2. The molecule has 2 rings (SSSR count). The Morgan fingerprint density at radius 3 is 2.43 bits per heavy atom. The van der Waals surface area contributed by atoms with Gasteiger partial charge >= 0.3 is 0 Å². The predicted molar refractivity (Wildman–Crippen MR) is 88.3 cm³/mol. The van der Waals surface area contributed by atoms with Crippen LogP contribution in [0.2, 0.25) is 0 Å². The molecule has 3 nitrogen and oxygen atoms in total. The van der Waals surface area contributed by atoms with E-state index in [9.17, 15) is 4.79 Å². The number of hydrogen-bond donors (Lipinski definition) is 2. The van der Waals surface area contributed by atoms with Crippen molar-refractivity contribution in [1.29, 1.82) is 0 Å². The minimum absolute atomic E-state index is 0.00756. The summed E-state index contributed by atoms with van der Waals surface area (Å²) in [6, 6.07) is 17.8. The summed E-state index contributed by atoms with van der Waals surface area (Å²) in [4.78, 5) is 12.2. The minimum atomic E-state index is -0.200. The Balaban J connectivity index is 2.16. The lowest BCUT2D eigenvalue weighted by atomic mass is 10.0. The van der Waals surface area contributed by atoms with E-state index < -0.39 is 0 Å². The number of benzene rings is 2. The van der Waals surface area contributed by atoms with E-state index in [1.165, 1.54) is 0 Å². The first-order chi connectivity index (χ1) is 10.2. The van der Waals surface area contributed by atoms with Crippen molar-refractivity contribution in [1.82, 2.24) is 5.32 Å². The van der Waals surface area contributed by atoms with Gasteiger partial charge in [-0.05, 0) is 31.5 Å². The summed E-state index contributed by atoms with van der Waals surface area (Å²) in [5.74, 6) is -0.00756. The zero-order chi connectivity index (χ0) is 15.1. The Morgan fingerprint density at radius 1 is 1.05 bits per heavy atom. The van der Waals surface area contributed by atoms with Crippen LogP contribution in [0.15, 0.2) is 54.6 Å². The molecule has 0 heterocycles. The maximum absolute atomic E-state index is 12.2. The van der Waals surface area contributed by atoms with Crippen LogP contribution in [0.5, 0.6) is 0 Å². The van der Waals surface area contributed by atoms with E-state index in [0.29, 0.717) is 0 Å². The largest absolute Gasteiger partial charge is 0.324 e. The van der Waals surface area contributed by atoms with Crippen LogP contribution in [-0.4, -0.2) is 18.5 Å². The second kappa shape index (κ2) is 7.60. The molecule has 110 valence electrons. The second-order valence-electron chi connectivity index (χ2n) is 5.08. The van der Waals surface area contributed by atoms with Crippen LogP contribution in [0.4, 0.5) is 5.69 Å². The van der Waals surface area contributed by atoms with Gasteiger partial charge in [0.2, 0.25) is 5.91 Å². The highest BCUT2D eigenvalue weighted by molar-refractivity contribution is 5.98. The maximum atomic E-state index is 12.2. The molecule has 0 aromatic heterocycles. The number of anilines is 1. The van der Waals surface area contributed by atoms with Crippen molar-refractivity contribution in [2.45, 2.75) is 26.3 Å². The summed E-state index contributed by atoms with van der Waals surface area (Å²) < 4.78 is 0. The van der Waals surface area contributed by atoms with Gasteiger partial charge in [-0.15, -0.1) is 0 Å². The smallest absolute Gasteiger partial charge is 0.241 e. The highest BCUT2D eigenvalue weighted by Crippen LogP contribution is 2.27. The number of hydrogen-bond acceptors (Lipinski definition) is 2. The van der Waals surface area contributed by atoms with Gasteiger partial charge in [0.05, 0.1) is 6.04 Å². The molecule has 3 heteroatoms. The van der Waals surface area contributed by atoms with Crippen LogP contribution in [0, 0.1) is 0 Å². The minimum Gasteiger partial charge on any atom is -0.324 e. The third-order valence-electron chi connectivity index (χ3n) is 3.36. The fraction of sp³-hybridized carbons (Fsp3) is 0.278. The molecule has 2 N–H and O–H groups in total. The molecule has 0 saturated carbocycles. The highest BCUT2D eigenvalue weighted by Gasteiger charge is 2.13. The molecule has 1 unspecified atom stereocenters. The van der Waals surface area contributed by atoms with Crippen LogP contribution in [-0.2, 0) is 4.79 Å². The molecule has 0 aliphatic carbocycles. The van der Waals surface area contributed by atoms with Gasteiger partial charge in [0.15, 0.2) is 0 Å². The van der Waals surface area contributed by atoms with Gasteiger partial charge in [0.1, 0.15) is 0 Å². The van der Waals surface area contributed by atoms with Crippen molar-refractivity contribution in [2.24, 2.45) is 0 Å². The number of nitrogens with one attached hydrogen (secondary N) is 2. The molecular formula is C18H22N2O. The molecule has 0 fully saturated rings. The molecule has 0 radical (unpaired) electrons. The van der Waals surface area contributed by atoms with E-state index in [1.54, 1.807) is 0 Å². The summed E-state index contributed by atoms with van der Waals surface area (Å²) in [5, 5.41) is 6.22. The third kappa shape index (κ3) is 4.17. The third-order valence-corrected chi connectivity index (χ3v) is 3.36. The molecule has 0 spiro atoms. The number of amides is 1. The quantitative estimate of drug-likeness (QED) is 0.848. The van der Waals surface area contributed by atoms with Crippen LogP contribution < -0.4 is 10.6 Å². The first-order valence-electron chi connectivity index (χ1n) is 7.41. The number of carbonyl (C=O) groups excluding carboxylic acids is 1. The van der Waals surface area contributed by atoms with E-state index in [4.69, 9.17) is 0 Å². The fourth-order valence-corrected chi connectivity index (χ4v) is 2.16. The van der Waals surface area contributed by atoms with Crippen molar-refractivity contribution in [3.05, 3.63) is 54.6 Å². The van der Waals surface area contributed by atoms with E-state index >= 15 is 0 Å². The summed E-state index contributed by atoms with van der Waals surface area (Å²) in [6.45, 7) is 4.81. The van der Waals surface area contributed by atoms with Crippen molar-refractivity contribution >= 4 is 11.6 Å². The second-order valence-corrected chi connectivity index (χ2v) is 5.08. The Labute approximate surface area is 126 Å². The van der Waals surface area contributed by atoms with E-state index in [1.807, 2.05) is 61.5 Å². The van der Waals surface area contributed by atoms with Crippen molar-refractivity contribution in [3.63, 3.8) is 0 Å². The van der Waals surface area contributed by atoms with Gasteiger partial charge in [0, 0.05) is 11.3 Å². The molecular weight excluding hydrogens is 260 g/mol. The number of rotatable bonds is 6. The molecule has 2 aromatic rings. The molecule has 1 amide bonds. The standard InChI is InChI=1S/C18H22N2O/c1-3-13-19-14(2)18(21)20-17-12-8-7-11-16(17)15-9-5-4-6-10-15/h4-12,14,19H,3,13H2,1-2H3,(H,20,21). The molecule has 2 aromatic carbocycles. The zero-order valence-corrected chi connectivity index (χ0v) is 12.6. The molecule has 21 heavy (non-hydrogen) atoms. The topological polar surface area (TPSA) is 41.1 Å². The zero-order valence-electron chi connectivity index (χ0n) is 12.6. The first-order valence-corrected chi connectivity index (χ1v) is 7.41. The molecule has 1 atom stereocenters. The SMILES string of the molecule is CCCNC(C)C(=O)Nc1ccccc1-c1ccccc1. The van der Waals surface area contributed by atoms with E-state index in [0.717, 1.165) is 29.8 Å². The van der Waals surface area contributed by atoms with Crippen molar-refractivity contribution in [3.8, 4) is 11.1 Å². The lowest BCUT2D eigenvalue weighted by Gasteiger charge is -2.16. The van der Waals surface area contributed by atoms with E-state index in [-0.39, 0.29) is 11.9 Å². The van der Waals surface area contributed by atoms with Gasteiger partial charge in [-0.3, -0.25) is 4.79 Å². The molecule has 0 aliphatic rings. The van der Waals surface area contributed by atoms with Crippen LogP contribution in [0.25, 0.3) is 11.1 Å². The van der Waals surface area contributed by atoms with Crippen LogP contribution in [0.1, 0.15) is 20.3 Å². The summed E-state index contributed by atoms with van der Waals surface area (Å²) in [5.41, 5.74) is 2.98. The van der Waals surface area contributed by atoms with Crippen LogP contribution in [0.3, 0.4) is 0 Å². The Hall–Kier alpha value is -2.13.